The van der Waals surface area contributed by atoms with Gasteiger partial charge in [-0.1, -0.05) is 30.5 Å². The van der Waals surface area contributed by atoms with E-state index in [1.54, 1.807) is 6.20 Å². The molecule has 1 aliphatic carbocycles. The number of hydrogen-bond acceptors (Lipinski definition) is 4. The van der Waals surface area contributed by atoms with Gasteiger partial charge in [0.05, 0.1) is 17.6 Å². The Balaban J connectivity index is 1.89. The summed E-state index contributed by atoms with van der Waals surface area (Å²) in [5.41, 5.74) is 3.94. The van der Waals surface area contributed by atoms with Crippen LogP contribution in [-0.2, 0) is 4.79 Å². The van der Waals surface area contributed by atoms with Crippen LogP contribution in [0.1, 0.15) is 31.2 Å². The molecule has 24 heavy (non-hydrogen) atoms. The third-order valence-corrected chi connectivity index (χ3v) is 4.59. The van der Waals surface area contributed by atoms with E-state index in [1.807, 2.05) is 30.1 Å². The van der Waals surface area contributed by atoms with Crippen molar-refractivity contribution in [3.05, 3.63) is 42.1 Å². The maximum atomic E-state index is 11.7. The third kappa shape index (κ3) is 3.50. The second-order valence-corrected chi connectivity index (χ2v) is 6.28. The van der Waals surface area contributed by atoms with Crippen LogP contribution in [0, 0.1) is 6.92 Å². The molecule has 1 saturated carbocycles. The highest BCUT2D eigenvalue weighted by atomic mass is 16.1. The van der Waals surface area contributed by atoms with Crippen molar-refractivity contribution >= 4 is 29.3 Å². The molecule has 1 aromatic heterocycles. The van der Waals surface area contributed by atoms with Gasteiger partial charge >= 0.3 is 0 Å². The van der Waals surface area contributed by atoms with Gasteiger partial charge in [0.1, 0.15) is 5.82 Å². The Hall–Kier alpha value is -2.56. The summed E-state index contributed by atoms with van der Waals surface area (Å²) in [5, 5.41) is 6.45. The highest BCUT2D eigenvalue weighted by molar-refractivity contribution is 5.85. The van der Waals surface area contributed by atoms with Gasteiger partial charge in [-0.3, -0.25) is 4.79 Å². The molecule has 1 aliphatic rings. The molecule has 0 radical (unpaired) electrons. The Labute approximate surface area is 143 Å². The van der Waals surface area contributed by atoms with Gasteiger partial charge in [-0.25, -0.2) is 4.98 Å². The highest BCUT2D eigenvalue weighted by Gasteiger charge is 2.24. The zero-order valence-electron chi connectivity index (χ0n) is 14.2. The molecule has 0 unspecified atom stereocenters. The van der Waals surface area contributed by atoms with Crippen LogP contribution in [0.4, 0.5) is 22.9 Å². The maximum absolute atomic E-state index is 11.7. The molecule has 0 atom stereocenters. The summed E-state index contributed by atoms with van der Waals surface area (Å²) in [7, 11) is 1.85. The normalized spacial score (nSPS) is 14.4. The fourth-order valence-corrected chi connectivity index (χ4v) is 3.23. The minimum atomic E-state index is 0.282. The Morgan fingerprint density at radius 1 is 1.21 bits per heavy atom. The lowest BCUT2D eigenvalue weighted by Gasteiger charge is -2.27. The summed E-state index contributed by atoms with van der Waals surface area (Å²) in [6.45, 7) is 2.06. The van der Waals surface area contributed by atoms with Crippen LogP contribution in [0.5, 0.6) is 0 Å². The first-order valence-electron chi connectivity index (χ1n) is 8.46. The van der Waals surface area contributed by atoms with Crippen molar-refractivity contribution in [2.45, 2.75) is 38.6 Å². The smallest absolute Gasteiger partial charge is 0.214 e. The van der Waals surface area contributed by atoms with E-state index in [4.69, 9.17) is 0 Å². The Bertz CT molecular complexity index is 693. The molecule has 5 nitrogen and oxygen atoms in total. The van der Waals surface area contributed by atoms with Crippen LogP contribution in [-0.4, -0.2) is 24.5 Å². The van der Waals surface area contributed by atoms with E-state index in [9.17, 15) is 4.79 Å². The zero-order valence-corrected chi connectivity index (χ0v) is 14.2. The van der Waals surface area contributed by atoms with E-state index in [1.165, 1.54) is 18.4 Å². The Morgan fingerprint density at radius 3 is 2.54 bits per heavy atom. The average molecular weight is 324 g/mol. The lowest BCUT2D eigenvalue weighted by Crippen LogP contribution is -2.32. The summed E-state index contributed by atoms with van der Waals surface area (Å²) >= 11 is 0. The minimum absolute atomic E-state index is 0.282. The number of carbonyl (C=O) groups excluding carboxylic acids is 1. The van der Waals surface area contributed by atoms with Crippen molar-refractivity contribution in [2.75, 3.05) is 22.6 Å². The van der Waals surface area contributed by atoms with Crippen molar-refractivity contribution in [1.82, 2.24) is 4.98 Å². The predicted octanol–water partition coefficient (Wildman–Crippen LogP) is 4.08. The molecule has 2 aromatic rings. The first-order chi connectivity index (χ1) is 11.7. The molecule has 0 bridgehead atoms. The lowest BCUT2D eigenvalue weighted by molar-refractivity contribution is -0.107. The van der Waals surface area contributed by atoms with Gasteiger partial charge in [0.25, 0.3) is 0 Å². The fourth-order valence-electron chi connectivity index (χ4n) is 3.23. The van der Waals surface area contributed by atoms with E-state index >= 15 is 0 Å². The monoisotopic (exact) mass is 324 g/mol. The molecule has 5 heteroatoms. The van der Waals surface area contributed by atoms with Crippen LogP contribution in [0.2, 0.25) is 0 Å². The molecular formula is C19H24N4O. The number of nitrogens with one attached hydrogen (secondary N) is 2. The van der Waals surface area contributed by atoms with Crippen LogP contribution in [0.15, 0.2) is 36.5 Å². The standard InChI is InChI=1S/C19H24N4O/c1-14-7-9-15(10-8-14)22-19-11-18(17(20-2)12-21-19)23(13-24)16-5-3-4-6-16/h7-13,16,20H,3-6H2,1-2H3,(H,21,22). The Morgan fingerprint density at radius 2 is 1.92 bits per heavy atom. The lowest BCUT2D eigenvalue weighted by atomic mass is 10.2. The highest BCUT2D eigenvalue weighted by Crippen LogP contribution is 2.33. The number of carbonyl (C=O) groups is 1. The number of aryl methyl sites for hydroxylation is 1. The number of hydrogen-bond donors (Lipinski definition) is 2. The average Bonchev–Trinajstić information content (AvgIpc) is 3.12. The van der Waals surface area contributed by atoms with E-state index in [2.05, 4.69) is 34.7 Å². The van der Waals surface area contributed by atoms with Crippen LogP contribution < -0.4 is 15.5 Å². The van der Waals surface area contributed by atoms with Crippen molar-refractivity contribution in [2.24, 2.45) is 0 Å². The summed E-state index contributed by atoms with van der Waals surface area (Å²) in [6, 6.07) is 10.4. The van der Waals surface area contributed by atoms with Gasteiger partial charge in [-0.15, -0.1) is 0 Å². The molecule has 1 amide bonds. The van der Waals surface area contributed by atoms with Gasteiger partial charge in [0, 0.05) is 24.8 Å². The molecule has 2 N–H and O–H groups in total. The van der Waals surface area contributed by atoms with Crippen LogP contribution in [0.3, 0.4) is 0 Å². The van der Waals surface area contributed by atoms with Crippen molar-refractivity contribution in [3.8, 4) is 0 Å². The van der Waals surface area contributed by atoms with Gasteiger partial charge < -0.3 is 15.5 Å². The predicted molar refractivity (Wildman–Crippen MR) is 99.0 cm³/mol. The van der Waals surface area contributed by atoms with Gasteiger partial charge in [-0.2, -0.15) is 0 Å². The number of anilines is 4. The third-order valence-electron chi connectivity index (χ3n) is 4.59. The van der Waals surface area contributed by atoms with Gasteiger partial charge in [0.15, 0.2) is 0 Å². The van der Waals surface area contributed by atoms with Gasteiger partial charge in [0.2, 0.25) is 6.41 Å². The molecule has 1 fully saturated rings. The van der Waals surface area contributed by atoms with E-state index in [0.29, 0.717) is 0 Å². The maximum Gasteiger partial charge on any atom is 0.214 e. The van der Waals surface area contributed by atoms with Crippen molar-refractivity contribution in [3.63, 3.8) is 0 Å². The fraction of sp³-hybridized carbons (Fsp3) is 0.368. The second-order valence-electron chi connectivity index (χ2n) is 6.28. The number of amides is 1. The van der Waals surface area contributed by atoms with Crippen molar-refractivity contribution < 1.29 is 4.79 Å². The first-order valence-corrected chi connectivity index (χ1v) is 8.46. The zero-order chi connectivity index (χ0) is 16.9. The summed E-state index contributed by atoms with van der Waals surface area (Å²) in [5.74, 6) is 0.734. The molecule has 0 saturated heterocycles. The van der Waals surface area contributed by atoms with E-state index < -0.39 is 0 Å². The number of benzene rings is 1. The summed E-state index contributed by atoms with van der Waals surface area (Å²) < 4.78 is 0. The number of rotatable bonds is 6. The number of nitrogens with zero attached hydrogens (tertiary/aromatic N) is 2. The summed E-state index contributed by atoms with van der Waals surface area (Å²) in [4.78, 5) is 18.0. The topological polar surface area (TPSA) is 57.3 Å². The number of pyridine rings is 1. The molecule has 126 valence electrons. The Kier molecular flexibility index (Phi) is 4.99. The SMILES string of the molecule is CNc1cnc(Nc2ccc(C)cc2)cc1N(C=O)C1CCCC1. The van der Waals surface area contributed by atoms with E-state index in [-0.39, 0.29) is 6.04 Å². The molecule has 1 aromatic carbocycles. The minimum Gasteiger partial charge on any atom is -0.385 e. The molecule has 3 rings (SSSR count). The van der Waals surface area contributed by atoms with E-state index in [0.717, 1.165) is 42.1 Å². The summed E-state index contributed by atoms with van der Waals surface area (Å²) in [6.07, 6.45) is 7.21. The molecular weight excluding hydrogens is 300 g/mol. The molecule has 1 heterocycles. The number of aromatic nitrogens is 1. The first kappa shape index (κ1) is 16.3. The van der Waals surface area contributed by atoms with Crippen LogP contribution >= 0.6 is 0 Å². The van der Waals surface area contributed by atoms with Crippen molar-refractivity contribution in [1.29, 1.82) is 0 Å². The quantitative estimate of drug-likeness (QED) is 0.786. The molecule has 0 aliphatic heterocycles. The second kappa shape index (κ2) is 7.34. The largest absolute Gasteiger partial charge is 0.385 e. The van der Waals surface area contributed by atoms with Gasteiger partial charge in [-0.05, 0) is 31.9 Å². The van der Waals surface area contributed by atoms with Crippen LogP contribution in [0.25, 0.3) is 0 Å². The molecule has 0 spiro atoms.